The van der Waals surface area contributed by atoms with E-state index in [-0.39, 0.29) is 11.3 Å². The van der Waals surface area contributed by atoms with Crippen LogP contribution >= 0.6 is 0 Å². The van der Waals surface area contributed by atoms with Gasteiger partial charge in [0.25, 0.3) is 0 Å². The molecule has 1 N–H and O–H groups in total. The minimum absolute atomic E-state index is 0.242. The summed E-state index contributed by atoms with van der Waals surface area (Å²) >= 11 is 0. The number of nitrogens with one attached hydrogen (secondary N) is 1. The normalized spacial score (nSPS) is 21.2. The Morgan fingerprint density at radius 2 is 2.06 bits per heavy atom. The molecular formula is C13H21N3O. The molecule has 1 aliphatic heterocycles. The van der Waals surface area contributed by atoms with Crippen LogP contribution in [0.2, 0.25) is 0 Å². The lowest BCUT2D eigenvalue weighted by Gasteiger charge is -2.16. The standard InChI is InChI=1S/C13H21N3O/c14-7-6-13(4-5-13)11-15-8-3-12(17)16-9-1-2-10-16/h15H,1-6,8-11H2. The number of nitriles is 1. The Morgan fingerprint density at radius 3 is 2.65 bits per heavy atom. The van der Waals surface area contributed by atoms with Gasteiger partial charge in [-0.05, 0) is 31.1 Å². The van der Waals surface area contributed by atoms with E-state index in [0.717, 1.165) is 51.9 Å². The largest absolute Gasteiger partial charge is 0.343 e. The SMILES string of the molecule is N#CCC1(CNCCC(=O)N2CCCC2)CC1. The minimum Gasteiger partial charge on any atom is -0.343 e. The first-order valence-corrected chi connectivity index (χ1v) is 6.61. The summed E-state index contributed by atoms with van der Waals surface area (Å²) in [6.07, 6.45) is 5.89. The van der Waals surface area contributed by atoms with Crippen LogP contribution in [0, 0.1) is 16.7 Å². The zero-order valence-electron chi connectivity index (χ0n) is 10.4. The number of hydrogen-bond donors (Lipinski definition) is 1. The lowest BCUT2D eigenvalue weighted by molar-refractivity contribution is -0.130. The molecule has 1 amide bonds. The molecule has 2 fully saturated rings. The molecule has 2 rings (SSSR count). The Bertz CT molecular complexity index is 311. The van der Waals surface area contributed by atoms with E-state index in [4.69, 9.17) is 5.26 Å². The first-order chi connectivity index (χ1) is 8.26. The maximum atomic E-state index is 11.7. The van der Waals surface area contributed by atoms with E-state index in [1.807, 2.05) is 4.90 Å². The number of amides is 1. The van der Waals surface area contributed by atoms with E-state index in [0.29, 0.717) is 12.8 Å². The first-order valence-electron chi connectivity index (χ1n) is 6.61. The van der Waals surface area contributed by atoms with E-state index < -0.39 is 0 Å². The van der Waals surface area contributed by atoms with Gasteiger partial charge in [0.1, 0.15) is 0 Å². The molecule has 0 aromatic heterocycles. The van der Waals surface area contributed by atoms with Gasteiger partial charge in [-0.3, -0.25) is 4.79 Å². The summed E-state index contributed by atoms with van der Waals surface area (Å²) in [6.45, 7) is 3.53. The molecular weight excluding hydrogens is 214 g/mol. The number of carbonyl (C=O) groups is 1. The maximum Gasteiger partial charge on any atom is 0.223 e. The van der Waals surface area contributed by atoms with Gasteiger partial charge in [0.05, 0.1) is 6.07 Å². The van der Waals surface area contributed by atoms with Crippen molar-refractivity contribution in [2.24, 2.45) is 5.41 Å². The Balaban J connectivity index is 1.57. The predicted molar refractivity (Wildman–Crippen MR) is 65.2 cm³/mol. The molecule has 1 aliphatic carbocycles. The average molecular weight is 235 g/mol. The van der Waals surface area contributed by atoms with Gasteiger partial charge in [-0.15, -0.1) is 0 Å². The smallest absolute Gasteiger partial charge is 0.223 e. The van der Waals surface area contributed by atoms with Crippen LogP contribution in [0.4, 0.5) is 0 Å². The Labute approximate surface area is 103 Å². The number of rotatable bonds is 6. The third-order valence-corrected chi connectivity index (χ3v) is 3.89. The second-order valence-corrected chi connectivity index (χ2v) is 5.35. The molecule has 1 saturated carbocycles. The molecule has 0 aromatic carbocycles. The van der Waals surface area contributed by atoms with E-state index >= 15 is 0 Å². The lowest BCUT2D eigenvalue weighted by atomic mass is 10.0. The first kappa shape index (κ1) is 12.4. The zero-order chi connectivity index (χ0) is 12.1. The van der Waals surface area contributed by atoms with Crippen molar-refractivity contribution in [1.29, 1.82) is 5.26 Å². The van der Waals surface area contributed by atoms with E-state index in [2.05, 4.69) is 11.4 Å². The molecule has 0 unspecified atom stereocenters. The van der Waals surface area contributed by atoms with Crippen LogP contribution in [0.3, 0.4) is 0 Å². The topological polar surface area (TPSA) is 56.1 Å². The highest BCUT2D eigenvalue weighted by molar-refractivity contribution is 5.76. The van der Waals surface area contributed by atoms with Crippen molar-refractivity contribution < 1.29 is 4.79 Å². The lowest BCUT2D eigenvalue weighted by Crippen LogP contribution is -2.32. The van der Waals surface area contributed by atoms with Gasteiger partial charge in [-0.1, -0.05) is 0 Å². The molecule has 0 spiro atoms. The van der Waals surface area contributed by atoms with Crippen molar-refractivity contribution in [2.45, 2.75) is 38.5 Å². The van der Waals surface area contributed by atoms with Crippen LogP contribution in [-0.4, -0.2) is 37.0 Å². The van der Waals surface area contributed by atoms with Gasteiger partial charge in [-0.2, -0.15) is 5.26 Å². The van der Waals surface area contributed by atoms with Crippen LogP contribution in [0.1, 0.15) is 38.5 Å². The molecule has 0 bridgehead atoms. The molecule has 0 atom stereocenters. The molecule has 1 heterocycles. The molecule has 0 aromatic rings. The highest BCUT2D eigenvalue weighted by atomic mass is 16.2. The third kappa shape index (κ3) is 3.44. The summed E-state index contributed by atoms with van der Waals surface area (Å²) < 4.78 is 0. The minimum atomic E-state index is 0.242. The zero-order valence-corrected chi connectivity index (χ0v) is 10.4. The Hall–Kier alpha value is -1.08. The van der Waals surface area contributed by atoms with E-state index in [1.165, 1.54) is 0 Å². The van der Waals surface area contributed by atoms with Crippen LogP contribution in [0.15, 0.2) is 0 Å². The molecule has 4 nitrogen and oxygen atoms in total. The average Bonchev–Trinajstić information content (AvgIpc) is 2.88. The van der Waals surface area contributed by atoms with Crippen LogP contribution in [0.5, 0.6) is 0 Å². The van der Waals surface area contributed by atoms with Crippen LogP contribution in [-0.2, 0) is 4.79 Å². The monoisotopic (exact) mass is 235 g/mol. The summed E-state index contributed by atoms with van der Waals surface area (Å²) in [5, 5.41) is 12.0. The van der Waals surface area contributed by atoms with Gasteiger partial charge in [0, 0.05) is 39.0 Å². The second-order valence-electron chi connectivity index (χ2n) is 5.35. The second kappa shape index (κ2) is 5.50. The highest BCUT2D eigenvalue weighted by Crippen LogP contribution is 2.47. The quantitative estimate of drug-likeness (QED) is 0.706. The fourth-order valence-electron chi connectivity index (χ4n) is 2.43. The molecule has 17 heavy (non-hydrogen) atoms. The van der Waals surface area contributed by atoms with E-state index in [9.17, 15) is 4.79 Å². The maximum absolute atomic E-state index is 11.7. The fraction of sp³-hybridized carbons (Fsp3) is 0.846. The Morgan fingerprint density at radius 1 is 1.35 bits per heavy atom. The summed E-state index contributed by atoms with van der Waals surface area (Å²) in [6, 6.07) is 2.25. The van der Waals surface area contributed by atoms with E-state index in [1.54, 1.807) is 0 Å². The Kier molecular flexibility index (Phi) is 4.01. The van der Waals surface area contributed by atoms with Crippen molar-refractivity contribution >= 4 is 5.91 Å². The van der Waals surface area contributed by atoms with Crippen molar-refractivity contribution in [3.05, 3.63) is 0 Å². The van der Waals surface area contributed by atoms with Gasteiger partial charge in [-0.25, -0.2) is 0 Å². The van der Waals surface area contributed by atoms with Crippen LogP contribution < -0.4 is 5.32 Å². The number of likely N-dealkylation sites (tertiary alicyclic amines) is 1. The summed E-state index contributed by atoms with van der Waals surface area (Å²) in [5.74, 6) is 0.278. The van der Waals surface area contributed by atoms with Crippen molar-refractivity contribution in [3.8, 4) is 6.07 Å². The van der Waals surface area contributed by atoms with Crippen molar-refractivity contribution in [2.75, 3.05) is 26.2 Å². The molecule has 94 valence electrons. The third-order valence-electron chi connectivity index (χ3n) is 3.89. The molecule has 0 radical (unpaired) electrons. The molecule has 1 saturated heterocycles. The van der Waals surface area contributed by atoms with Gasteiger partial charge >= 0.3 is 0 Å². The molecule has 4 heteroatoms. The number of nitrogens with zero attached hydrogens (tertiary/aromatic N) is 2. The molecule has 2 aliphatic rings. The van der Waals surface area contributed by atoms with Gasteiger partial charge in [0.15, 0.2) is 0 Å². The highest BCUT2D eigenvalue weighted by Gasteiger charge is 2.41. The van der Waals surface area contributed by atoms with Crippen molar-refractivity contribution in [1.82, 2.24) is 10.2 Å². The van der Waals surface area contributed by atoms with Gasteiger partial charge < -0.3 is 10.2 Å². The summed E-state index contributed by atoms with van der Waals surface area (Å²) in [4.78, 5) is 13.7. The van der Waals surface area contributed by atoms with Crippen LogP contribution in [0.25, 0.3) is 0 Å². The number of hydrogen-bond acceptors (Lipinski definition) is 3. The van der Waals surface area contributed by atoms with Crippen molar-refractivity contribution in [3.63, 3.8) is 0 Å². The summed E-state index contributed by atoms with van der Waals surface area (Å²) in [7, 11) is 0. The predicted octanol–water partition coefficient (Wildman–Crippen LogP) is 1.28. The summed E-state index contributed by atoms with van der Waals surface area (Å²) in [5.41, 5.74) is 0.242. The fourth-order valence-corrected chi connectivity index (χ4v) is 2.43. The van der Waals surface area contributed by atoms with Gasteiger partial charge in [0.2, 0.25) is 5.91 Å². The number of carbonyl (C=O) groups excluding carboxylic acids is 1.